The number of amides is 1. The van der Waals surface area contributed by atoms with Gasteiger partial charge in [-0.25, -0.2) is 4.98 Å². The Bertz CT molecular complexity index is 1290. The Hall–Kier alpha value is -3.44. The Morgan fingerprint density at radius 3 is 2.68 bits per heavy atom. The van der Waals surface area contributed by atoms with Gasteiger partial charge in [0.05, 0.1) is 19.9 Å². The topological polar surface area (TPSA) is 135 Å². The summed E-state index contributed by atoms with van der Waals surface area (Å²) in [5.41, 5.74) is 9.92. The standard InChI is InChI=1S/C27H38N8O3/c1-4-5-21(8-9-36)30-25-24-22(31-26(28)32-25)11-29-35(24)13-20-7-6-19(10-23(20)38-3)12-33-14-27(15-33)16-34(17-27)18(2)37/h6-7,10-11,21,36H,4-5,8-9,12-17H2,1-3H3,(H3,28,30,31,32)/t21-/m0/s1. The van der Waals surface area contributed by atoms with Crippen LogP contribution in [0.3, 0.4) is 0 Å². The number of methoxy groups -OCH3 is 1. The van der Waals surface area contributed by atoms with Crippen molar-refractivity contribution in [2.45, 2.75) is 52.2 Å². The number of fused-ring (bicyclic) bond motifs is 1. The number of carbonyl (C=O) groups is 1. The number of nitrogens with two attached hydrogens (primary N) is 1. The van der Waals surface area contributed by atoms with Crippen LogP contribution in [0.4, 0.5) is 11.8 Å². The fourth-order valence-corrected chi connectivity index (χ4v) is 5.86. The number of carbonyl (C=O) groups excluding carboxylic acids is 1. The van der Waals surface area contributed by atoms with Gasteiger partial charge >= 0.3 is 0 Å². The van der Waals surface area contributed by atoms with Crippen LogP contribution in [0.15, 0.2) is 24.4 Å². The van der Waals surface area contributed by atoms with Crippen molar-refractivity contribution < 1.29 is 14.6 Å². The molecule has 1 aromatic carbocycles. The second-order valence-electron chi connectivity index (χ2n) is 10.8. The number of benzene rings is 1. The fraction of sp³-hybridized carbons (Fsp3) is 0.556. The largest absolute Gasteiger partial charge is 0.496 e. The minimum Gasteiger partial charge on any atom is -0.496 e. The number of likely N-dealkylation sites (tertiary alicyclic amines) is 2. The lowest BCUT2D eigenvalue weighted by Gasteiger charge is -2.60. The number of nitrogen functional groups attached to an aromatic ring is 1. The molecule has 2 fully saturated rings. The van der Waals surface area contributed by atoms with Crippen molar-refractivity contribution in [2.24, 2.45) is 5.41 Å². The van der Waals surface area contributed by atoms with Crippen LogP contribution >= 0.6 is 0 Å². The molecule has 4 heterocycles. The van der Waals surface area contributed by atoms with Crippen molar-refractivity contribution >= 4 is 28.7 Å². The molecule has 2 aliphatic heterocycles. The molecule has 1 amide bonds. The van der Waals surface area contributed by atoms with Gasteiger partial charge in [0.15, 0.2) is 5.82 Å². The highest BCUT2D eigenvalue weighted by atomic mass is 16.5. The predicted molar refractivity (Wildman–Crippen MR) is 146 cm³/mol. The Kier molecular flexibility index (Phi) is 7.40. The van der Waals surface area contributed by atoms with Gasteiger partial charge in [-0.3, -0.25) is 14.4 Å². The monoisotopic (exact) mass is 522 g/mol. The lowest BCUT2D eigenvalue weighted by molar-refractivity contribution is -0.157. The summed E-state index contributed by atoms with van der Waals surface area (Å²) in [4.78, 5) is 24.7. The quantitative estimate of drug-likeness (QED) is 0.346. The molecule has 1 atom stereocenters. The summed E-state index contributed by atoms with van der Waals surface area (Å²) in [6.45, 7) is 9.00. The van der Waals surface area contributed by atoms with Crippen molar-refractivity contribution in [3.63, 3.8) is 0 Å². The average Bonchev–Trinajstić information content (AvgIpc) is 3.23. The zero-order valence-electron chi connectivity index (χ0n) is 22.5. The van der Waals surface area contributed by atoms with Crippen molar-refractivity contribution in [3.05, 3.63) is 35.5 Å². The molecule has 0 unspecified atom stereocenters. The van der Waals surface area contributed by atoms with Crippen LogP contribution in [0.1, 0.15) is 44.2 Å². The van der Waals surface area contributed by atoms with E-state index in [1.165, 1.54) is 5.56 Å². The summed E-state index contributed by atoms with van der Waals surface area (Å²) in [5, 5.41) is 17.5. The number of anilines is 2. The number of nitrogens with one attached hydrogen (secondary N) is 1. The summed E-state index contributed by atoms with van der Waals surface area (Å²) in [6, 6.07) is 6.41. The molecule has 11 nitrogen and oxygen atoms in total. The van der Waals surface area contributed by atoms with Crippen LogP contribution in [0, 0.1) is 5.41 Å². The van der Waals surface area contributed by atoms with Crippen molar-refractivity contribution in [1.82, 2.24) is 29.5 Å². The highest BCUT2D eigenvalue weighted by molar-refractivity contribution is 5.86. The Balaban J connectivity index is 1.31. The van der Waals surface area contributed by atoms with Crippen molar-refractivity contribution in [3.8, 4) is 5.75 Å². The predicted octanol–water partition coefficient (Wildman–Crippen LogP) is 2.09. The first-order valence-corrected chi connectivity index (χ1v) is 13.3. The van der Waals surface area contributed by atoms with Gasteiger partial charge in [0, 0.05) is 63.3 Å². The van der Waals surface area contributed by atoms with E-state index in [0.717, 1.165) is 62.4 Å². The molecule has 2 saturated heterocycles. The second-order valence-corrected chi connectivity index (χ2v) is 10.8. The Morgan fingerprint density at radius 2 is 2.00 bits per heavy atom. The van der Waals surface area contributed by atoms with E-state index in [1.807, 2.05) is 9.58 Å². The number of nitrogens with zero attached hydrogens (tertiary/aromatic N) is 6. The van der Waals surface area contributed by atoms with Crippen LogP contribution in [0.2, 0.25) is 0 Å². The first kappa shape index (κ1) is 26.2. The van der Waals surface area contributed by atoms with Crippen LogP contribution in [0.25, 0.3) is 11.0 Å². The van der Waals surface area contributed by atoms with E-state index in [0.29, 0.717) is 29.7 Å². The number of hydrogen-bond acceptors (Lipinski definition) is 9. The molecule has 2 aromatic heterocycles. The third-order valence-corrected chi connectivity index (χ3v) is 7.66. The lowest BCUT2D eigenvalue weighted by atomic mass is 9.72. The maximum Gasteiger partial charge on any atom is 0.222 e. The summed E-state index contributed by atoms with van der Waals surface area (Å²) in [6.07, 6.45) is 4.21. The molecular formula is C27H38N8O3. The molecule has 11 heteroatoms. The van der Waals surface area contributed by atoms with Gasteiger partial charge in [0.2, 0.25) is 11.9 Å². The van der Waals surface area contributed by atoms with Gasteiger partial charge in [-0.1, -0.05) is 25.5 Å². The zero-order chi connectivity index (χ0) is 26.9. The summed E-state index contributed by atoms with van der Waals surface area (Å²) >= 11 is 0. The Labute approximate surface area is 223 Å². The molecule has 3 aromatic rings. The van der Waals surface area contributed by atoms with Gasteiger partial charge in [-0.2, -0.15) is 10.1 Å². The van der Waals surface area contributed by atoms with E-state index >= 15 is 0 Å². The van der Waals surface area contributed by atoms with Gasteiger partial charge < -0.3 is 25.8 Å². The first-order chi connectivity index (χ1) is 18.3. The third kappa shape index (κ3) is 5.25. The molecule has 0 bridgehead atoms. The average molecular weight is 523 g/mol. The molecule has 204 valence electrons. The normalized spacial score (nSPS) is 17.3. The van der Waals surface area contributed by atoms with E-state index in [9.17, 15) is 9.90 Å². The summed E-state index contributed by atoms with van der Waals surface area (Å²) in [7, 11) is 1.69. The highest BCUT2D eigenvalue weighted by Gasteiger charge is 2.52. The number of aliphatic hydroxyl groups excluding tert-OH is 1. The number of rotatable bonds is 11. The maximum absolute atomic E-state index is 11.5. The van der Waals surface area contributed by atoms with Crippen molar-refractivity contribution in [2.75, 3.05) is 50.9 Å². The molecule has 38 heavy (non-hydrogen) atoms. The van der Waals surface area contributed by atoms with E-state index in [1.54, 1.807) is 20.2 Å². The fourth-order valence-electron chi connectivity index (χ4n) is 5.86. The highest BCUT2D eigenvalue weighted by Crippen LogP contribution is 2.40. The number of hydrogen-bond donors (Lipinski definition) is 3. The van der Waals surface area contributed by atoms with E-state index < -0.39 is 0 Å². The second kappa shape index (κ2) is 10.7. The minimum atomic E-state index is 0.0748. The number of aliphatic hydroxyl groups is 1. The molecule has 5 rings (SSSR count). The number of aromatic nitrogens is 4. The van der Waals surface area contributed by atoms with Gasteiger partial charge in [-0.15, -0.1) is 0 Å². The van der Waals surface area contributed by atoms with Gasteiger partial charge in [-0.05, 0) is 24.5 Å². The van der Waals surface area contributed by atoms with E-state index in [-0.39, 0.29) is 24.5 Å². The van der Waals surface area contributed by atoms with Crippen LogP contribution in [-0.4, -0.2) is 86.5 Å². The van der Waals surface area contributed by atoms with Crippen molar-refractivity contribution in [1.29, 1.82) is 0 Å². The minimum absolute atomic E-state index is 0.0748. The Morgan fingerprint density at radius 1 is 1.21 bits per heavy atom. The number of ether oxygens (including phenoxy) is 1. The van der Waals surface area contributed by atoms with Crippen LogP contribution < -0.4 is 15.8 Å². The molecule has 0 saturated carbocycles. The zero-order valence-corrected chi connectivity index (χ0v) is 22.5. The lowest BCUT2D eigenvalue weighted by Crippen LogP contribution is -2.72. The molecule has 0 radical (unpaired) electrons. The molecule has 4 N–H and O–H groups in total. The molecule has 0 aliphatic carbocycles. The smallest absolute Gasteiger partial charge is 0.222 e. The van der Waals surface area contributed by atoms with E-state index in [4.69, 9.17) is 10.5 Å². The first-order valence-electron chi connectivity index (χ1n) is 13.3. The van der Waals surface area contributed by atoms with Gasteiger partial charge in [0.1, 0.15) is 16.8 Å². The van der Waals surface area contributed by atoms with Gasteiger partial charge in [0.25, 0.3) is 0 Å². The molecule has 1 spiro atoms. The summed E-state index contributed by atoms with van der Waals surface area (Å²) < 4.78 is 7.64. The van der Waals surface area contributed by atoms with Crippen LogP contribution in [-0.2, 0) is 17.9 Å². The summed E-state index contributed by atoms with van der Waals surface area (Å²) in [5.74, 6) is 1.79. The maximum atomic E-state index is 11.5. The van der Waals surface area contributed by atoms with Crippen LogP contribution in [0.5, 0.6) is 5.75 Å². The molecular weight excluding hydrogens is 484 g/mol. The third-order valence-electron chi connectivity index (χ3n) is 7.66. The SMILES string of the molecule is CCC[C@@H](CCO)Nc1nc(N)nc2cnn(Cc3ccc(CN4CC5(C4)CN(C(C)=O)C5)cc3OC)c12. The van der Waals surface area contributed by atoms with E-state index in [2.05, 4.69) is 50.4 Å². The molecule has 2 aliphatic rings.